The number of benzene rings is 4. The first-order valence-electron chi connectivity index (χ1n) is 12.3. The molecule has 192 valence electrons. The van der Waals surface area contributed by atoms with Crippen LogP contribution in [0.25, 0.3) is 16.8 Å². The first kappa shape index (κ1) is 26.1. The summed E-state index contributed by atoms with van der Waals surface area (Å²) >= 11 is 4.56. The Morgan fingerprint density at radius 1 is 0.947 bits per heavy atom. The molecule has 4 aromatic rings. The second kappa shape index (κ2) is 11.5. The quantitative estimate of drug-likeness (QED) is 0.195. The predicted molar refractivity (Wildman–Crippen MR) is 156 cm³/mol. The van der Waals surface area contributed by atoms with Gasteiger partial charge >= 0.3 is 0 Å². The van der Waals surface area contributed by atoms with Crippen molar-refractivity contribution in [2.24, 2.45) is 0 Å². The van der Waals surface area contributed by atoms with E-state index in [1.807, 2.05) is 92.7 Å². The Bertz CT molecular complexity index is 1540. The van der Waals surface area contributed by atoms with Gasteiger partial charge in [-0.1, -0.05) is 72.3 Å². The second-order valence-corrected chi connectivity index (χ2v) is 10.8. The van der Waals surface area contributed by atoms with E-state index in [1.165, 1.54) is 10.5 Å². The van der Waals surface area contributed by atoms with Gasteiger partial charge in [0.25, 0.3) is 11.1 Å². The minimum Gasteiger partial charge on any atom is -0.490 e. The maximum Gasteiger partial charge on any atom is 0.293 e. The fourth-order valence-electron chi connectivity index (χ4n) is 4.30. The topological polar surface area (TPSA) is 55.8 Å². The van der Waals surface area contributed by atoms with Gasteiger partial charge in [0.1, 0.15) is 6.61 Å². The van der Waals surface area contributed by atoms with Crippen molar-refractivity contribution in [3.8, 4) is 11.5 Å². The van der Waals surface area contributed by atoms with Gasteiger partial charge in [-0.2, -0.15) is 0 Å². The molecule has 38 heavy (non-hydrogen) atoms. The summed E-state index contributed by atoms with van der Waals surface area (Å²) in [7, 11) is 0. The molecule has 5 nitrogen and oxygen atoms in total. The molecule has 0 aromatic heterocycles. The molecule has 0 atom stereocenters. The van der Waals surface area contributed by atoms with Gasteiger partial charge in [-0.05, 0) is 87.2 Å². The fraction of sp³-hybridized carbons (Fsp3) is 0.161. The summed E-state index contributed by atoms with van der Waals surface area (Å²) in [5, 5.41) is 1.83. The molecule has 0 spiro atoms. The van der Waals surface area contributed by atoms with Crippen molar-refractivity contribution in [2.75, 3.05) is 6.61 Å². The van der Waals surface area contributed by atoms with Gasteiger partial charge in [0.2, 0.25) is 0 Å². The van der Waals surface area contributed by atoms with Crippen LogP contribution < -0.4 is 9.47 Å². The van der Waals surface area contributed by atoms with Crippen LogP contribution in [-0.4, -0.2) is 22.7 Å². The SMILES string of the molecule is CCOc1cc(/C=C2/SC(=O)N(Cc3cccc4ccccc34)C2=O)cc(Br)c1OCc1ccc(C)cc1. The van der Waals surface area contributed by atoms with Crippen LogP contribution in [0.5, 0.6) is 11.5 Å². The van der Waals surface area contributed by atoms with E-state index in [0.29, 0.717) is 34.1 Å². The van der Waals surface area contributed by atoms with Crippen molar-refractivity contribution < 1.29 is 19.1 Å². The molecule has 5 rings (SSSR count). The first-order chi connectivity index (χ1) is 18.4. The number of carbonyl (C=O) groups is 2. The van der Waals surface area contributed by atoms with Gasteiger partial charge in [0, 0.05) is 0 Å². The molecule has 1 aliphatic rings. The van der Waals surface area contributed by atoms with Gasteiger partial charge in [-0.3, -0.25) is 14.5 Å². The van der Waals surface area contributed by atoms with Crippen molar-refractivity contribution >= 4 is 55.7 Å². The van der Waals surface area contributed by atoms with Crippen molar-refractivity contribution in [1.82, 2.24) is 4.90 Å². The molecule has 1 fully saturated rings. The normalized spacial score (nSPS) is 14.5. The van der Waals surface area contributed by atoms with Crippen LogP contribution >= 0.6 is 27.7 Å². The highest BCUT2D eigenvalue weighted by molar-refractivity contribution is 9.10. The number of hydrogen-bond acceptors (Lipinski definition) is 5. The Hall–Kier alpha value is -3.55. The number of thioether (sulfide) groups is 1. The number of amides is 2. The third-order valence-corrected chi connectivity index (χ3v) is 7.71. The number of rotatable bonds is 8. The van der Waals surface area contributed by atoms with Gasteiger partial charge in [-0.25, -0.2) is 0 Å². The van der Waals surface area contributed by atoms with E-state index in [-0.39, 0.29) is 17.7 Å². The largest absolute Gasteiger partial charge is 0.490 e. The lowest BCUT2D eigenvalue weighted by Crippen LogP contribution is -2.27. The Labute approximate surface area is 234 Å². The average Bonchev–Trinajstić information content (AvgIpc) is 3.17. The van der Waals surface area contributed by atoms with E-state index in [9.17, 15) is 9.59 Å². The summed E-state index contributed by atoms with van der Waals surface area (Å²) in [4.78, 5) is 27.8. The molecule has 1 heterocycles. The molecule has 1 aliphatic heterocycles. The zero-order chi connectivity index (χ0) is 26.6. The van der Waals surface area contributed by atoms with Crippen molar-refractivity contribution in [3.05, 3.63) is 110 Å². The van der Waals surface area contributed by atoms with Crippen LogP contribution in [0.4, 0.5) is 4.79 Å². The van der Waals surface area contributed by atoms with Gasteiger partial charge in [0.15, 0.2) is 11.5 Å². The lowest BCUT2D eigenvalue weighted by Gasteiger charge is -2.15. The molecule has 0 saturated carbocycles. The molecule has 0 aliphatic carbocycles. The summed E-state index contributed by atoms with van der Waals surface area (Å²) in [5.41, 5.74) is 3.91. The van der Waals surface area contributed by atoms with Crippen LogP contribution in [0, 0.1) is 6.92 Å². The molecule has 7 heteroatoms. The predicted octanol–water partition coefficient (Wildman–Crippen LogP) is 8.12. The lowest BCUT2D eigenvalue weighted by atomic mass is 10.0. The zero-order valence-electron chi connectivity index (χ0n) is 21.1. The zero-order valence-corrected chi connectivity index (χ0v) is 23.5. The average molecular weight is 589 g/mol. The highest BCUT2D eigenvalue weighted by Gasteiger charge is 2.35. The highest BCUT2D eigenvalue weighted by atomic mass is 79.9. The van der Waals surface area contributed by atoms with Crippen LogP contribution in [0.1, 0.15) is 29.2 Å². The maximum atomic E-state index is 13.3. The number of halogens is 1. The summed E-state index contributed by atoms with van der Waals surface area (Å²) in [5.74, 6) is 0.852. The van der Waals surface area contributed by atoms with Gasteiger partial charge in [-0.15, -0.1) is 0 Å². The summed E-state index contributed by atoms with van der Waals surface area (Å²) in [6.45, 7) is 5.03. The molecule has 4 aromatic carbocycles. The van der Waals surface area contributed by atoms with E-state index in [2.05, 4.69) is 15.9 Å². The standard InChI is InChI=1S/C31H26BrNO4S/c1-3-36-27-16-22(15-26(32)29(27)37-19-21-13-11-20(2)12-14-21)17-28-30(34)33(31(35)38-28)18-24-9-6-8-23-7-4-5-10-25(23)24/h4-17H,3,18-19H2,1-2H3/b28-17+. The van der Waals surface area contributed by atoms with Crippen molar-refractivity contribution in [3.63, 3.8) is 0 Å². The molecular weight excluding hydrogens is 562 g/mol. The summed E-state index contributed by atoms with van der Waals surface area (Å²) in [6.07, 6.45) is 1.73. The van der Waals surface area contributed by atoms with Crippen molar-refractivity contribution in [1.29, 1.82) is 0 Å². The Morgan fingerprint density at radius 2 is 1.71 bits per heavy atom. The van der Waals surface area contributed by atoms with Crippen LogP contribution in [0.2, 0.25) is 0 Å². The third-order valence-electron chi connectivity index (χ3n) is 6.22. The van der Waals surface area contributed by atoms with Crippen molar-refractivity contribution in [2.45, 2.75) is 27.0 Å². The minimum absolute atomic E-state index is 0.225. The number of hydrogen-bond donors (Lipinski definition) is 0. The van der Waals surface area contributed by atoms with Crippen LogP contribution in [-0.2, 0) is 17.9 Å². The Kier molecular flexibility index (Phi) is 7.86. The number of ether oxygens (including phenoxy) is 2. The molecule has 0 bridgehead atoms. The van der Waals surface area contributed by atoms with E-state index >= 15 is 0 Å². The summed E-state index contributed by atoms with van der Waals surface area (Å²) < 4.78 is 12.7. The van der Waals surface area contributed by atoms with E-state index in [4.69, 9.17) is 9.47 Å². The number of carbonyl (C=O) groups excluding carboxylic acids is 2. The number of imide groups is 1. The monoisotopic (exact) mass is 587 g/mol. The number of aryl methyl sites for hydroxylation is 1. The molecule has 2 amide bonds. The van der Waals surface area contributed by atoms with Gasteiger partial charge in [0.05, 0.1) is 22.5 Å². The molecule has 1 saturated heterocycles. The third kappa shape index (κ3) is 5.64. The first-order valence-corrected chi connectivity index (χ1v) is 13.9. The van der Waals surface area contributed by atoms with E-state index in [0.717, 1.165) is 39.2 Å². The number of fused-ring (bicyclic) bond motifs is 1. The van der Waals surface area contributed by atoms with E-state index < -0.39 is 0 Å². The Balaban J connectivity index is 1.38. The molecule has 0 N–H and O–H groups in total. The van der Waals surface area contributed by atoms with Gasteiger partial charge < -0.3 is 9.47 Å². The highest BCUT2D eigenvalue weighted by Crippen LogP contribution is 2.40. The fourth-order valence-corrected chi connectivity index (χ4v) is 5.71. The Morgan fingerprint density at radius 3 is 2.50 bits per heavy atom. The molecule has 0 radical (unpaired) electrons. The smallest absolute Gasteiger partial charge is 0.293 e. The summed E-state index contributed by atoms with van der Waals surface area (Å²) in [6, 6.07) is 25.8. The van der Waals surface area contributed by atoms with Crippen LogP contribution in [0.3, 0.4) is 0 Å². The second-order valence-electron chi connectivity index (χ2n) is 8.94. The molecular formula is C31H26BrNO4S. The lowest BCUT2D eigenvalue weighted by molar-refractivity contribution is -0.123. The van der Waals surface area contributed by atoms with E-state index in [1.54, 1.807) is 6.08 Å². The minimum atomic E-state index is -0.304. The molecule has 0 unspecified atom stereocenters. The van der Waals surface area contributed by atoms with Crippen LogP contribution in [0.15, 0.2) is 88.2 Å². The maximum absolute atomic E-state index is 13.3. The number of nitrogens with zero attached hydrogens (tertiary/aromatic N) is 1.